The van der Waals surface area contributed by atoms with E-state index in [1.807, 2.05) is 0 Å². The number of rotatable bonds is 3. The summed E-state index contributed by atoms with van der Waals surface area (Å²) in [6.45, 7) is 0. The second-order valence-electron chi connectivity index (χ2n) is 2.81. The molecule has 0 atom stereocenters. The summed E-state index contributed by atoms with van der Waals surface area (Å²) in [4.78, 5) is 3.67. The Bertz CT molecular complexity index is 347. The Morgan fingerprint density at radius 1 is 1.40 bits per heavy atom. The molecule has 1 heterocycles. The fraction of sp³-hybridized carbons (Fsp3) is 0.300. The number of aromatic nitrogens is 1. The molecule has 0 amide bonds. The van der Waals surface area contributed by atoms with Crippen molar-refractivity contribution in [1.29, 1.82) is 0 Å². The lowest BCUT2D eigenvalue weighted by atomic mass is 10.1. The predicted octanol–water partition coefficient (Wildman–Crippen LogP) is 3.74. The molecule has 0 bridgehead atoms. The summed E-state index contributed by atoms with van der Waals surface area (Å²) in [7, 11) is 0. The standard InChI is InChI=1S/C10H9ClF3N/c11-6-2-1-5-9-8(10(12,13)14)4-3-7-15-9/h1,3-5,7H,2,6H2. The summed E-state index contributed by atoms with van der Waals surface area (Å²) in [5.41, 5.74) is -0.800. The zero-order valence-electron chi connectivity index (χ0n) is 7.76. The number of hydrogen-bond acceptors (Lipinski definition) is 1. The highest BCUT2D eigenvalue weighted by Crippen LogP contribution is 2.31. The summed E-state index contributed by atoms with van der Waals surface area (Å²) < 4.78 is 37.4. The molecule has 0 aliphatic carbocycles. The van der Waals surface area contributed by atoms with E-state index in [9.17, 15) is 13.2 Å². The molecule has 0 aromatic carbocycles. The molecule has 0 spiro atoms. The van der Waals surface area contributed by atoms with Gasteiger partial charge in [-0.25, -0.2) is 0 Å². The molecule has 1 rings (SSSR count). The predicted molar refractivity (Wildman–Crippen MR) is 53.6 cm³/mol. The molecular formula is C10H9ClF3N. The number of hydrogen-bond donors (Lipinski definition) is 0. The van der Waals surface area contributed by atoms with Crippen LogP contribution in [0.15, 0.2) is 24.4 Å². The Morgan fingerprint density at radius 2 is 2.13 bits per heavy atom. The quantitative estimate of drug-likeness (QED) is 0.728. The Labute approximate surface area is 90.6 Å². The van der Waals surface area contributed by atoms with E-state index < -0.39 is 11.7 Å². The first-order chi connectivity index (χ1) is 7.05. The van der Waals surface area contributed by atoms with Gasteiger partial charge in [0.15, 0.2) is 0 Å². The molecule has 5 heteroatoms. The van der Waals surface area contributed by atoms with Gasteiger partial charge in [-0.2, -0.15) is 13.2 Å². The molecular weight excluding hydrogens is 227 g/mol. The molecule has 0 saturated carbocycles. The van der Waals surface area contributed by atoms with E-state index in [-0.39, 0.29) is 5.69 Å². The smallest absolute Gasteiger partial charge is 0.256 e. The molecule has 1 aromatic heterocycles. The lowest BCUT2D eigenvalue weighted by Crippen LogP contribution is -2.08. The van der Waals surface area contributed by atoms with Crippen molar-refractivity contribution in [2.24, 2.45) is 0 Å². The maximum Gasteiger partial charge on any atom is 0.418 e. The van der Waals surface area contributed by atoms with Crippen LogP contribution in [0.2, 0.25) is 0 Å². The molecule has 0 aliphatic rings. The van der Waals surface area contributed by atoms with Gasteiger partial charge in [0.1, 0.15) is 0 Å². The first-order valence-electron chi connectivity index (χ1n) is 4.30. The minimum Gasteiger partial charge on any atom is -0.256 e. The molecule has 0 saturated heterocycles. The minimum absolute atomic E-state index is 0.0740. The Kier molecular flexibility index (Phi) is 4.15. The maximum absolute atomic E-state index is 12.5. The Hall–Kier alpha value is -1.03. The average Bonchev–Trinajstić information content (AvgIpc) is 2.17. The number of halogens is 4. The van der Waals surface area contributed by atoms with E-state index in [1.165, 1.54) is 18.3 Å². The van der Waals surface area contributed by atoms with Crippen LogP contribution in [-0.2, 0) is 6.18 Å². The zero-order chi connectivity index (χ0) is 11.3. The fourth-order valence-electron chi connectivity index (χ4n) is 1.05. The van der Waals surface area contributed by atoms with Gasteiger partial charge in [-0.15, -0.1) is 11.6 Å². The number of nitrogens with zero attached hydrogens (tertiary/aromatic N) is 1. The van der Waals surface area contributed by atoms with Crippen LogP contribution in [0.5, 0.6) is 0 Å². The fourth-order valence-corrected chi connectivity index (χ4v) is 1.17. The summed E-state index contributed by atoms with van der Waals surface area (Å²) in [5.74, 6) is 0.380. The molecule has 1 nitrogen and oxygen atoms in total. The first-order valence-corrected chi connectivity index (χ1v) is 4.84. The molecule has 0 unspecified atom stereocenters. The van der Waals surface area contributed by atoms with Crippen LogP contribution in [-0.4, -0.2) is 10.9 Å². The molecule has 15 heavy (non-hydrogen) atoms. The third-order valence-corrected chi connectivity index (χ3v) is 1.91. The normalized spacial score (nSPS) is 12.3. The largest absolute Gasteiger partial charge is 0.418 e. The lowest BCUT2D eigenvalue weighted by Gasteiger charge is -2.08. The van der Waals surface area contributed by atoms with Crippen LogP contribution in [0.1, 0.15) is 17.7 Å². The van der Waals surface area contributed by atoms with Crippen LogP contribution in [0.3, 0.4) is 0 Å². The van der Waals surface area contributed by atoms with Gasteiger partial charge < -0.3 is 0 Å². The van der Waals surface area contributed by atoms with E-state index in [2.05, 4.69) is 4.98 Å². The molecule has 0 radical (unpaired) electrons. The third kappa shape index (κ3) is 3.55. The SMILES string of the molecule is FC(F)(F)c1cccnc1C=CCCCl. The average molecular weight is 236 g/mol. The minimum atomic E-state index is -4.37. The van der Waals surface area contributed by atoms with Gasteiger partial charge in [-0.3, -0.25) is 4.98 Å². The van der Waals surface area contributed by atoms with Gasteiger partial charge in [0.25, 0.3) is 0 Å². The van der Waals surface area contributed by atoms with Crippen LogP contribution in [0.4, 0.5) is 13.2 Å². The van der Waals surface area contributed by atoms with E-state index in [0.29, 0.717) is 12.3 Å². The Morgan fingerprint density at radius 3 is 2.73 bits per heavy atom. The zero-order valence-corrected chi connectivity index (χ0v) is 8.52. The monoisotopic (exact) mass is 235 g/mol. The van der Waals surface area contributed by atoms with Gasteiger partial charge in [0.05, 0.1) is 11.3 Å². The topological polar surface area (TPSA) is 12.9 Å². The highest BCUT2D eigenvalue weighted by atomic mass is 35.5. The molecule has 0 fully saturated rings. The van der Waals surface area contributed by atoms with Gasteiger partial charge >= 0.3 is 6.18 Å². The van der Waals surface area contributed by atoms with Gasteiger partial charge in [-0.1, -0.05) is 6.08 Å². The van der Waals surface area contributed by atoms with Crippen molar-refractivity contribution in [3.8, 4) is 0 Å². The van der Waals surface area contributed by atoms with Gasteiger partial charge in [0.2, 0.25) is 0 Å². The van der Waals surface area contributed by atoms with Crippen molar-refractivity contribution in [2.45, 2.75) is 12.6 Å². The summed E-state index contributed by atoms with van der Waals surface area (Å²) in [6.07, 6.45) is 0.399. The first kappa shape index (κ1) is 12.0. The second kappa shape index (κ2) is 5.16. The van der Waals surface area contributed by atoms with Crippen molar-refractivity contribution < 1.29 is 13.2 Å². The van der Waals surface area contributed by atoms with Crippen LogP contribution in [0.25, 0.3) is 6.08 Å². The number of allylic oxidation sites excluding steroid dienone is 1. The van der Waals surface area contributed by atoms with E-state index >= 15 is 0 Å². The molecule has 0 N–H and O–H groups in total. The molecule has 0 aliphatic heterocycles. The molecule has 1 aromatic rings. The second-order valence-corrected chi connectivity index (χ2v) is 3.19. The van der Waals surface area contributed by atoms with Crippen LogP contribution < -0.4 is 0 Å². The highest BCUT2D eigenvalue weighted by molar-refractivity contribution is 6.17. The van der Waals surface area contributed by atoms with Crippen molar-refractivity contribution in [1.82, 2.24) is 4.98 Å². The van der Waals surface area contributed by atoms with Gasteiger partial charge in [-0.05, 0) is 24.6 Å². The highest BCUT2D eigenvalue weighted by Gasteiger charge is 2.32. The summed E-state index contributed by atoms with van der Waals surface area (Å²) in [6, 6.07) is 2.27. The molecule has 82 valence electrons. The summed E-state index contributed by atoms with van der Waals surface area (Å²) in [5, 5.41) is 0. The van der Waals surface area contributed by atoms with E-state index in [0.717, 1.165) is 6.07 Å². The third-order valence-electron chi connectivity index (χ3n) is 1.70. The Balaban J connectivity index is 2.97. The van der Waals surface area contributed by atoms with Crippen LogP contribution in [0, 0.1) is 0 Å². The van der Waals surface area contributed by atoms with Crippen molar-refractivity contribution in [3.63, 3.8) is 0 Å². The van der Waals surface area contributed by atoms with Crippen molar-refractivity contribution in [2.75, 3.05) is 5.88 Å². The number of pyridine rings is 1. The van der Waals surface area contributed by atoms with Crippen molar-refractivity contribution in [3.05, 3.63) is 35.7 Å². The van der Waals surface area contributed by atoms with Gasteiger partial charge in [0, 0.05) is 12.1 Å². The van der Waals surface area contributed by atoms with Crippen molar-refractivity contribution >= 4 is 17.7 Å². The number of alkyl halides is 4. The summed E-state index contributed by atoms with van der Waals surface area (Å²) >= 11 is 5.40. The van der Waals surface area contributed by atoms with E-state index in [4.69, 9.17) is 11.6 Å². The lowest BCUT2D eigenvalue weighted by molar-refractivity contribution is -0.138. The van der Waals surface area contributed by atoms with E-state index in [1.54, 1.807) is 6.08 Å². The van der Waals surface area contributed by atoms with Crippen LogP contribution >= 0.6 is 11.6 Å². The maximum atomic E-state index is 12.5.